The lowest BCUT2D eigenvalue weighted by Crippen LogP contribution is -2.45. The van der Waals surface area contributed by atoms with Crippen molar-refractivity contribution in [1.29, 1.82) is 0 Å². The molecule has 11 nitrogen and oxygen atoms in total. The van der Waals surface area contributed by atoms with Gasteiger partial charge in [-0.2, -0.15) is 0 Å². The van der Waals surface area contributed by atoms with Gasteiger partial charge in [0.1, 0.15) is 11.4 Å². The highest BCUT2D eigenvalue weighted by atomic mass is 35.5. The number of hydrogen-bond acceptors (Lipinski definition) is 9. The van der Waals surface area contributed by atoms with Gasteiger partial charge in [0, 0.05) is 67.4 Å². The zero-order valence-corrected chi connectivity index (χ0v) is 28.4. The van der Waals surface area contributed by atoms with Crippen molar-refractivity contribution in [2.45, 2.75) is 44.7 Å². The van der Waals surface area contributed by atoms with Gasteiger partial charge in [-0.15, -0.1) is 0 Å². The predicted molar refractivity (Wildman–Crippen MR) is 184 cm³/mol. The Hall–Kier alpha value is -4.32. The molecule has 0 unspecified atom stereocenters. The highest BCUT2D eigenvalue weighted by Gasteiger charge is 2.23. The van der Waals surface area contributed by atoms with Crippen LogP contribution >= 0.6 is 23.2 Å². The Morgan fingerprint density at radius 3 is 1.96 bits per heavy atom. The molecule has 2 aromatic heterocycles. The average molecular weight is 691 g/mol. The van der Waals surface area contributed by atoms with Crippen molar-refractivity contribution in [3.05, 3.63) is 70.2 Å². The van der Waals surface area contributed by atoms with E-state index in [2.05, 4.69) is 15.2 Å². The lowest BCUT2D eigenvalue weighted by atomic mass is 9.98. The van der Waals surface area contributed by atoms with Crippen molar-refractivity contribution in [1.82, 2.24) is 35.1 Å². The first kappa shape index (κ1) is 33.6. The Balaban J connectivity index is 1.22. The number of nitrogens with zero attached hydrogens (tertiary/aromatic N) is 6. The summed E-state index contributed by atoms with van der Waals surface area (Å²) in [7, 11) is 3.16. The van der Waals surface area contributed by atoms with Gasteiger partial charge in [0.25, 0.3) is 0 Å². The number of carbonyl (C=O) groups is 2. The number of methoxy groups -OCH3 is 2. The molecule has 0 saturated carbocycles. The number of carbonyl (C=O) groups excluding carboxylic acids is 2. The van der Waals surface area contributed by atoms with Gasteiger partial charge in [-0.05, 0) is 25.7 Å². The Labute approximate surface area is 289 Å². The van der Waals surface area contributed by atoms with Gasteiger partial charge in [-0.25, -0.2) is 9.97 Å². The number of aromatic nitrogens is 4. The Kier molecular flexibility index (Phi) is 10.7. The second-order valence-electron chi connectivity index (χ2n) is 11.9. The summed E-state index contributed by atoms with van der Waals surface area (Å²) in [6, 6.07) is 11.6. The van der Waals surface area contributed by atoms with E-state index in [1.54, 1.807) is 31.5 Å². The van der Waals surface area contributed by atoms with Crippen LogP contribution in [0.5, 0.6) is 11.8 Å². The van der Waals surface area contributed by atoms with Crippen LogP contribution in [0, 0.1) is 0 Å². The third-order valence-corrected chi connectivity index (χ3v) is 9.64. The number of amides is 2. The van der Waals surface area contributed by atoms with E-state index in [9.17, 15) is 9.59 Å². The number of ether oxygens (including phenoxy) is 2. The summed E-state index contributed by atoms with van der Waals surface area (Å²) in [5.74, 6) is 0.993. The number of rotatable bonds is 12. The van der Waals surface area contributed by atoms with E-state index in [1.165, 1.54) is 0 Å². The molecule has 2 saturated heterocycles. The van der Waals surface area contributed by atoms with Crippen LogP contribution in [0.1, 0.15) is 37.1 Å². The van der Waals surface area contributed by atoms with Gasteiger partial charge < -0.3 is 19.7 Å². The van der Waals surface area contributed by atoms with Crippen LogP contribution in [0.2, 0.25) is 10.0 Å². The summed E-state index contributed by atoms with van der Waals surface area (Å²) in [6.07, 6.45) is 8.21. The van der Waals surface area contributed by atoms with E-state index in [4.69, 9.17) is 47.6 Å². The Morgan fingerprint density at radius 2 is 1.42 bits per heavy atom. The molecule has 0 aliphatic carbocycles. The van der Waals surface area contributed by atoms with Crippen LogP contribution in [0.25, 0.3) is 33.6 Å². The summed E-state index contributed by atoms with van der Waals surface area (Å²) in [5.41, 5.74) is 5.48. The van der Waals surface area contributed by atoms with E-state index in [-0.39, 0.29) is 11.9 Å². The summed E-state index contributed by atoms with van der Waals surface area (Å²) in [6.45, 7) is 3.43. The van der Waals surface area contributed by atoms with Crippen LogP contribution in [0.15, 0.2) is 48.8 Å². The number of piperazine rings is 1. The smallest absolute Gasteiger partial charge is 0.237 e. The molecule has 2 amide bonds. The standard InChI is InChI=1S/C35H37Cl2N7O4/c1-47-34-27(11-3-6-22-12-13-31(46)40-22)38-18-28(41-34)25-9-4-7-23(32(25)36)24-8-5-10-26(33(24)37)29-19-39-30(35(42-29)48-2)20-43-14-16-44(21-45)17-15-43/h4-5,7-10,18-19,21-22H,3,6,11-17,20H2,1-2H3,(H,40,46)/t22-/m1/s1. The van der Waals surface area contributed by atoms with Gasteiger partial charge in [0.2, 0.25) is 24.1 Å². The van der Waals surface area contributed by atoms with Crippen molar-refractivity contribution in [3.63, 3.8) is 0 Å². The highest BCUT2D eigenvalue weighted by Crippen LogP contribution is 2.42. The monoisotopic (exact) mass is 689 g/mol. The molecule has 250 valence electrons. The minimum Gasteiger partial charge on any atom is -0.480 e. The van der Waals surface area contributed by atoms with E-state index in [1.807, 2.05) is 36.4 Å². The zero-order chi connectivity index (χ0) is 33.6. The lowest BCUT2D eigenvalue weighted by Gasteiger charge is -2.32. The quantitative estimate of drug-likeness (QED) is 0.193. The average Bonchev–Trinajstić information content (AvgIpc) is 3.54. The van der Waals surface area contributed by atoms with Crippen molar-refractivity contribution in [2.75, 3.05) is 40.4 Å². The molecule has 4 aromatic rings. The molecule has 48 heavy (non-hydrogen) atoms. The molecule has 13 heteroatoms. The molecule has 0 bridgehead atoms. The van der Waals surface area contributed by atoms with Crippen molar-refractivity contribution in [2.24, 2.45) is 0 Å². The molecular formula is C35H37Cl2N7O4. The third-order valence-electron chi connectivity index (χ3n) is 8.83. The maximum absolute atomic E-state index is 11.5. The van der Waals surface area contributed by atoms with Gasteiger partial charge in [-0.1, -0.05) is 59.6 Å². The van der Waals surface area contributed by atoms with Gasteiger partial charge >= 0.3 is 0 Å². The Bertz CT molecular complexity index is 1800. The van der Waals surface area contributed by atoms with Crippen LogP contribution < -0.4 is 14.8 Å². The van der Waals surface area contributed by atoms with E-state index in [0.29, 0.717) is 82.5 Å². The minimum absolute atomic E-state index is 0.121. The number of aryl methyl sites for hydroxylation is 1. The highest BCUT2D eigenvalue weighted by molar-refractivity contribution is 6.39. The number of nitrogens with one attached hydrogen (secondary N) is 1. The van der Waals surface area contributed by atoms with Crippen LogP contribution in [0.3, 0.4) is 0 Å². The summed E-state index contributed by atoms with van der Waals surface area (Å²) < 4.78 is 11.3. The molecule has 2 fully saturated rings. The number of halogens is 2. The first-order chi connectivity index (χ1) is 23.4. The lowest BCUT2D eigenvalue weighted by molar-refractivity contribution is -0.120. The molecule has 2 aromatic carbocycles. The molecule has 0 spiro atoms. The van der Waals surface area contributed by atoms with Crippen molar-refractivity contribution in [3.8, 4) is 45.4 Å². The summed E-state index contributed by atoms with van der Waals surface area (Å²) >= 11 is 14.1. The zero-order valence-electron chi connectivity index (χ0n) is 26.9. The van der Waals surface area contributed by atoms with Gasteiger partial charge in [0.05, 0.1) is 48.0 Å². The van der Waals surface area contributed by atoms with Gasteiger partial charge in [0.15, 0.2) is 0 Å². The molecule has 2 aliphatic heterocycles. The van der Waals surface area contributed by atoms with Gasteiger partial charge in [-0.3, -0.25) is 24.5 Å². The van der Waals surface area contributed by atoms with Crippen molar-refractivity contribution >= 4 is 35.5 Å². The van der Waals surface area contributed by atoms with Crippen LogP contribution in [0.4, 0.5) is 0 Å². The normalized spacial score (nSPS) is 16.5. The first-order valence-electron chi connectivity index (χ1n) is 16.0. The Morgan fingerprint density at radius 1 is 0.854 bits per heavy atom. The largest absolute Gasteiger partial charge is 0.480 e. The van der Waals surface area contributed by atoms with E-state index < -0.39 is 0 Å². The van der Waals surface area contributed by atoms with Crippen LogP contribution in [-0.2, 0) is 22.6 Å². The molecule has 2 aliphatic rings. The van der Waals surface area contributed by atoms with Crippen LogP contribution in [-0.4, -0.2) is 88.5 Å². The maximum Gasteiger partial charge on any atom is 0.237 e. The molecular weight excluding hydrogens is 653 g/mol. The predicted octanol–water partition coefficient (Wildman–Crippen LogP) is 5.47. The SMILES string of the molecule is COc1nc(-c2cccc(-c3cccc(-c4cnc(CN5CCN(C=O)CC5)c(OC)n4)c3Cl)c2Cl)cnc1CCC[C@@H]1CCC(=O)N1. The fourth-order valence-electron chi connectivity index (χ4n) is 6.18. The van der Waals surface area contributed by atoms with E-state index in [0.717, 1.165) is 55.6 Å². The topological polar surface area (TPSA) is 123 Å². The van der Waals surface area contributed by atoms with E-state index >= 15 is 0 Å². The fourth-order valence-corrected chi connectivity index (χ4v) is 6.83. The summed E-state index contributed by atoms with van der Waals surface area (Å²) in [5, 5.41) is 3.96. The maximum atomic E-state index is 11.5. The first-order valence-corrected chi connectivity index (χ1v) is 16.7. The number of hydrogen-bond donors (Lipinski definition) is 1. The molecule has 6 rings (SSSR count). The summed E-state index contributed by atoms with van der Waals surface area (Å²) in [4.78, 5) is 45.5. The minimum atomic E-state index is 0.121. The number of benzene rings is 2. The molecule has 4 heterocycles. The second kappa shape index (κ2) is 15.3. The molecule has 1 N–H and O–H groups in total. The second-order valence-corrected chi connectivity index (χ2v) is 12.6. The fraction of sp³-hybridized carbons (Fsp3) is 0.371. The molecule has 1 atom stereocenters. The van der Waals surface area contributed by atoms with Crippen molar-refractivity contribution < 1.29 is 19.1 Å². The third kappa shape index (κ3) is 7.38. The molecule has 0 radical (unpaired) electrons.